The van der Waals surface area contributed by atoms with Crippen LogP contribution < -0.4 is 15.4 Å². The average molecular weight is 407 g/mol. The summed E-state index contributed by atoms with van der Waals surface area (Å²) in [5, 5.41) is 7.97. The number of benzene rings is 2. The van der Waals surface area contributed by atoms with Crippen molar-refractivity contribution in [2.45, 2.75) is 13.5 Å². The van der Waals surface area contributed by atoms with Crippen LogP contribution in [0, 0.1) is 0 Å². The SMILES string of the molecule is COc1ccc(/C=C/C(=O)Nc2nc(-c3ccc(CNC(C)=O)cc3)cs2)cc1. The lowest BCUT2D eigenvalue weighted by Crippen LogP contribution is -2.18. The van der Waals surface area contributed by atoms with E-state index in [4.69, 9.17) is 4.74 Å². The molecule has 0 radical (unpaired) electrons. The summed E-state index contributed by atoms with van der Waals surface area (Å²) >= 11 is 1.37. The summed E-state index contributed by atoms with van der Waals surface area (Å²) < 4.78 is 5.11. The molecule has 6 nitrogen and oxygen atoms in total. The Morgan fingerprint density at radius 3 is 2.48 bits per heavy atom. The van der Waals surface area contributed by atoms with Crippen LogP contribution in [0.25, 0.3) is 17.3 Å². The van der Waals surface area contributed by atoms with E-state index < -0.39 is 0 Å². The van der Waals surface area contributed by atoms with Gasteiger partial charge in [0.05, 0.1) is 12.8 Å². The highest BCUT2D eigenvalue weighted by atomic mass is 32.1. The molecule has 0 spiro atoms. The van der Waals surface area contributed by atoms with Crippen LogP contribution in [0.4, 0.5) is 5.13 Å². The smallest absolute Gasteiger partial charge is 0.250 e. The van der Waals surface area contributed by atoms with E-state index >= 15 is 0 Å². The van der Waals surface area contributed by atoms with Crippen molar-refractivity contribution in [3.05, 3.63) is 71.1 Å². The number of hydrogen-bond acceptors (Lipinski definition) is 5. The molecule has 148 valence electrons. The summed E-state index contributed by atoms with van der Waals surface area (Å²) in [5.74, 6) is 0.465. The molecule has 0 atom stereocenters. The number of anilines is 1. The van der Waals surface area contributed by atoms with Crippen LogP contribution in [0.5, 0.6) is 5.75 Å². The molecule has 0 saturated carbocycles. The van der Waals surface area contributed by atoms with E-state index in [0.29, 0.717) is 11.7 Å². The zero-order valence-corrected chi connectivity index (χ0v) is 17.0. The van der Waals surface area contributed by atoms with E-state index in [1.807, 2.05) is 53.9 Å². The molecule has 0 aliphatic rings. The summed E-state index contributed by atoms with van der Waals surface area (Å²) in [6, 6.07) is 15.2. The quantitative estimate of drug-likeness (QED) is 0.578. The fourth-order valence-corrected chi connectivity index (χ4v) is 3.24. The lowest BCUT2D eigenvalue weighted by molar-refractivity contribution is -0.119. The molecule has 2 aromatic carbocycles. The molecule has 3 rings (SSSR count). The number of ether oxygens (including phenoxy) is 1. The average Bonchev–Trinajstić information content (AvgIpc) is 3.20. The molecule has 0 saturated heterocycles. The van der Waals surface area contributed by atoms with E-state index in [0.717, 1.165) is 28.1 Å². The number of nitrogens with zero attached hydrogens (tertiary/aromatic N) is 1. The van der Waals surface area contributed by atoms with Gasteiger partial charge in [0.15, 0.2) is 5.13 Å². The Bertz CT molecular complexity index is 1010. The standard InChI is InChI=1S/C22H21N3O3S/c1-15(26)23-13-17-3-8-18(9-4-17)20-14-29-22(24-20)25-21(27)12-7-16-5-10-19(28-2)11-6-16/h3-12,14H,13H2,1-2H3,(H,23,26)(H,24,25,27)/b12-7+. The number of methoxy groups -OCH3 is 1. The zero-order valence-electron chi connectivity index (χ0n) is 16.1. The van der Waals surface area contributed by atoms with Crippen LogP contribution in [-0.2, 0) is 16.1 Å². The van der Waals surface area contributed by atoms with Gasteiger partial charge in [0.1, 0.15) is 5.75 Å². The monoisotopic (exact) mass is 407 g/mol. The van der Waals surface area contributed by atoms with E-state index in [2.05, 4.69) is 15.6 Å². The molecule has 2 N–H and O–H groups in total. The number of hydrogen-bond donors (Lipinski definition) is 2. The number of aromatic nitrogens is 1. The lowest BCUT2D eigenvalue weighted by Gasteiger charge is -2.03. The van der Waals surface area contributed by atoms with Gasteiger partial charge in [-0.15, -0.1) is 11.3 Å². The van der Waals surface area contributed by atoms with Crippen molar-refractivity contribution in [3.63, 3.8) is 0 Å². The molecule has 2 amide bonds. The zero-order chi connectivity index (χ0) is 20.6. The summed E-state index contributed by atoms with van der Waals surface area (Å²) in [4.78, 5) is 27.6. The van der Waals surface area contributed by atoms with Crippen LogP contribution >= 0.6 is 11.3 Å². The Morgan fingerprint density at radius 2 is 1.83 bits per heavy atom. The van der Waals surface area contributed by atoms with Gasteiger partial charge in [0, 0.05) is 30.5 Å². The number of carbonyl (C=O) groups excluding carboxylic acids is 2. The Balaban J connectivity index is 1.58. The fraction of sp³-hybridized carbons (Fsp3) is 0.136. The molecule has 0 bridgehead atoms. The van der Waals surface area contributed by atoms with Gasteiger partial charge >= 0.3 is 0 Å². The van der Waals surface area contributed by atoms with Crippen LogP contribution in [0.2, 0.25) is 0 Å². The minimum atomic E-state index is -0.243. The normalized spacial score (nSPS) is 10.7. The third-order valence-corrected chi connectivity index (χ3v) is 4.83. The van der Waals surface area contributed by atoms with Gasteiger partial charge in [0.2, 0.25) is 11.8 Å². The van der Waals surface area contributed by atoms with E-state index in [1.54, 1.807) is 13.2 Å². The van der Waals surface area contributed by atoms with E-state index in [9.17, 15) is 9.59 Å². The van der Waals surface area contributed by atoms with Crippen LogP contribution in [0.1, 0.15) is 18.1 Å². The van der Waals surface area contributed by atoms with Gasteiger partial charge in [-0.05, 0) is 29.3 Å². The molecule has 0 fully saturated rings. The predicted octanol–water partition coefficient (Wildman–Crippen LogP) is 4.11. The van der Waals surface area contributed by atoms with Gasteiger partial charge in [-0.2, -0.15) is 0 Å². The van der Waals surface area contributed by atoms with Crippen molar-refractivity contribution in [1.29, 1.82) is 0 Å². The first kappa shape index (κ1) is 20.3. The van der Waals surface area contributed by atoms with Crippen molar-refractivity contribution in [3.8, 4) is 17.0 Å². The summed E-state index contributed by atoms with van der Waals surface area (Å²) in [6.07, 6.45) is 3.21. The fourth-order valence-electron chi connectivity index (χ4n) is 2.52. The van der Waals surface area contributed by atoms with Crippen molar-refractivity contribution >= 4 is 34.4 Å². The van der Waals surface area contributed by atoms with Crippen molar-refractivity contribution in [2.24, 2.45) is 0 Å². The minimum absolute atomic E-state index is 0.0602. The van der Waals surface area contributed by atoms with Crippen molar-refractivity contribution < 1.29 is 14.3 Å². The first-order valence-corrected chi connectivity index (χ1v) is 9.84. The number of nitrogens with one attached hydrogen (secondary N) is 2. The maximum absolute atomic E-state index is 12.1. The highest BCUT2D eigenvalue weighted by molar-refractivity contribution is 7.14. The summed E-state index contributed by atoms with van der Waals surface area (Å²) in [5.41, 5.74) is 3.65. The molecule has 0 aliphatic heterocycles. The summed E-state index contributed by atoms with van der Waals surface area (Å²) in [7, 11) is 1.61. The van der Waals surface area contributed by atoms with Gasteiger partial charge in [0.25, 0.3) is 0 Å². The summed E-state index contributed by atoms with van der Waals surface area (Å²) in [6.45, 7) is 1.99. The number of amides is 2. The molecular formula is C22H21N3O3S. The topological polar surface area (TPSA) is 80.3 Å². The molecule has 1 aromatic heterocycles. The number of thiazole rings is 1. The Kier molecular flexibility index (Phi) is 6.76. The highest BCUT2D eigenvalue weighted by Crippen LogP contribution is 2.25. The number of carbonyl (C=O) groups is 2. The van der Waals surface area contributed by atoms with Crippen molar-refractivity contribution in [1.82, 2.24) is 10.3 Å². The first-order valence-electron chi connectivity index (χ1n) is 8.96. The van der Waals surface area contributed by atoms with Crippen LogP contribution in [0.3, 0.4) is 0 Å². The Morgan fingerprint density at radius 1 is 1.10 bits per heavy atom. The third kappa shape index (κ3) is 6.02. The van der Waals surface area contributed by atoms with Crippen LogP contribution in [0.15, 0.2) is 60.0 Å². The molecule has 3 aromatic rings. The van der Waals surface area contributed by atoms with Gasteiger partial charge in [-0.3, -0.25) is 14.9 Å². The molecule has 1 heterocycles. The second-order valence-electron chi connectivity index (χ2n) is 6.24. The van der Waals surface area contributed by atoms with Gasteiger partial charge < -0.3 is 10.1 Å². The molecule has 0 aliphatic carbocycles. The molecule has 0 unspecified atom stereocenters. The molecular weight excluding hydrogens is 386 g/mol. The Hall–Kier alpha value is -3.45. The maximum Gasteiger partial charge on any atom is 0.250 e. The van der Waals surface area contributed by atoms with Gasteiger partial charge in [-0.1, -0.05) is 36.4 Å². The van der Waals surface area contributed by atoms with Crippen LogP contribution in [-0.4, -0.2) is 23.9 Å². The second-order valence-corrected chi connectivity index (χ2v) is 7.10. The second kappa shape index (κ2) is 9.66. The maximum atomic E-state index is 12.1. The predicted molar refractivity (Wildman–Crippen MR) is 116 cm³/mol. The van der Waals surface area contributed by atoms with Crippen molar-refractivity contribution in [2.75, 3.05) is 12.4 Å². The van der Waals surface area contributed by atoms with E-state index in [1.165, 1.54) is 24.3 Å². The third-order valence-electron chi connectivity index (χ3n) is 4.07. The molecule has 29 heavy (non-hydrogen) atoms. The Labute approximate surface area is 173 Å². The molecule has 7 heteroatoms. The highest BCUT2D eigenvalue weighted by Gasteiger charge is 2.07. The minimum Gasteiger partial charge on any atom is -0.497 e. The largest absolute Gasteiger partial charge is 0.497 e. The van der Waals surface area contributed by atoms with Gasteiger partial charge in [-0.25, -0.2) is 4.98 Å². The number of rotatable bonds is 7. The van der Waals surface area contributed by atoms with E-state index in [-0.39, 0.29) is 11.8 Å². The lowest BCUT2D eigenvalue weighted by atomic mass is 10.1. The first-order chi connectivity index (χ1) is 14.0.